The first-order valence-electron chi connectivity index (χ1n) is 13.8. The number of fused-ring (bicyclic) bond motifs is 3. The van der Waals surface area contributed by atoms with Gasteiger partial charge in [0.15, 0.2) is 0 Å². The van der Waals surface area contributed by atoms with Crippen LogP contribution >= 0.6 is 0 Å². The lowest BCUT2D eigenvalue weighted by molar-refractivity contribution is -0.136. The summed E-state index contributed by atoms with van der Waals surface area (Å²) in [5.41, 5.74) is 1.60. The first-order chi connectivity index (χ1) is 18.9. The number of halogens is 3. The second kappa shape index (κ2) is 9.78. The maximum Gasteiger partial charge on any atom is 0.389 e. The fraction of sp³-hybridized carbons (Fsp3) is 0.593. The van der Waals surface area contributed by atoms with Gasteiger partial charge in [-0.25, -0.2) is 13.1 Å². The Morgan fingerprint density at radius 1 is 1.23 bits per heavy atom. The summed E-state index contributed by atoms with van der Waals surface area (Å²) in [6.07, 6.45) is 0.283. The second-order valence-electron chi connectivity index (χ2n) is 11.4. The van der Waals surface area contributed by atoms with Gasteiger partial charge in [0.2, 0.25) is 10.0 Å². The molecule has 13 heteroatoms. The molecule has 1 spiro atoms. The molecule has 2 amide bonds. The van der Waals surface area contributed by atoms with Gasteiger partial charge in [0, 0.05) is 19.4 Å². The maximum absolute atomic E-state index is 13.6. The highest BCUT2D eigenvalue weighted by Gasteiger charge is 2.48. The zero-order valence-corrected chi connectivity index (χ0v) is 22.7. The Bertz CT molecular complexity index is 1460. The third-order valence-corrected chi connectivity index (χ3v) is 10.0. The summed E-state index contributed by atoms with van der Waals surface area (Å²) in [5, 5.41) is 7.18. The van der Waals surface area contributed by atoms with E-state index in [2.05, 4.69) is 15.1 Å². The molecule has 6 rings (SSSR count). The van der Waals surface area contributed by atoms with Gasteiger partial charge in [-0.15, -0.1) is 0 Å². The second-order valence-corrected chi connectivity index (χ2v) is 13.4. The number of hydrogen-bond acceptors (Lipinski definition) is 6. The summed E-state index contributed by atoms with van der Waals surface area (Å²) in [5.74, 6) is -0.296. The minimum Gasteiger partial charge on any atom is -0.494 e. The van der Waals surface area contributed by atoms with Crippen molar-refractivity contribution in [3.05, 3.63) is 46.3 Å². The Morgan fingerprint density at radius 2 is 2.00 bits per heavy atom. The molecule has 2 saturated carbocycles. The van der Waals surface area contributed by atoms with Crippen molar-refractivity contribution in [1.29, 1.82) is 0 Å². The molecule has 40 heavy (non-hydrogen) atoms. The van der Waals surface area contributed by atoms with Crippen molar-refractivity contribution in [3.8, 4) is 5.75 Å². The summed E-state index contributed by atoms with van der Waals surface area (Å²) < 4.78 is 71.5. The van der Waals surface area contributed by atoms with Gasteiger partial charge in [-0.2, -0.15) is 18.3 Å². The van der Waals surface area contributed by atoms with Crippen LogP contribution in [0.5, 0.6) is 5.75 Å². The van der Waals surface area contributed by atoms with Gasteiger partial charge < -0.3 is 10.1 Å². The predicted molar refractivity (Wildman–Crippen MR) is 137 cm³/mol. The number of ether oxygens (including phenoxy) is 1. The van der Waals surface area contributed by atoms with Gasteiger partial charge in [0.25, 0.3) is 11.8 Å². The number of aromatic nitrogens is 2. The number of sulfonamides is 1. The minimum atomic E-state index is -4.22. The van der Waals surface area contributed by atoms with E-state index in [0.29, 0.717) is 56.0 Å². The highest BCUT2D eigenvalue weighted by Crippen LogP contribution is 2.44. The van der Waals surface area contributed by atoms with Crippen molar-refractivity contribution >= 4 is 21.8 Å². The zero-order valence-electron chi connectivity index (χ0n) is 21.8. The lowest BCUT2D eigenvalue weighted by Crippen LogP contribution is -2.50. The number of aryl methyl sites for hydroxylation is 2. The van der Waals surface area contributed by atoms with Crippen molar-refractivity contribution < 1.29 is 35.9 Å². The van der Waals surface area contributed by atoms with Gasteiger partial charge in [-0.3, -0.25) is 14.3 Å². The molecule has 1 aromatic heterocycles. The van der Waals surface area contributed by atoms with Crippen LogP contribution in [0.4, 0.5) is 13.2 Å². The van der Waals surface area contributed by atoms with E-state index in [0.717, 1.165) is 30.4 Å². The molecule has 216 valence electrons. The number of carbonyl (C=O) groups excluding carboxylic acids is 2. The van der Waals surface area contributed by atoms with Crippen LogP contribution in [0.2, 0.25) is 0 Å². The van der Waals surface area contributed by atoms with Crippen LogP contribution in [0.3, 0.4) is 0 Å². The standard InChI is InChI=1S/C27H31F3N4O5S/c28-27(29,30)10-1-13-39-18-4-7-20-17(14-18)8-11-26(20)15-21-22(24(35)31-26)23(34(32-21)12-9-16-2-3-16)25(36)33-40(37,38)19-5-6-19/h4,7,14,16,19H,1-3,5-6,8-13,15H2,(H,31,35)(H,33,36)/t26-/m0/s1. The first-order valence-corrected chi connectivity index (χ1v) is 15.3. The molecule has 1 aliphatic heterocycles. The summed E-state index contributed by atoms with van der Waals surface area (Å²) >= 11 is 0. The van der Waals surface area contributed by atoms with Gasteiger partial charge >= 0.3 is 6.18 Å². The quantitative estimate of drug-likeness (QED) is 0.413. The van der Waals surface area contributed by atoms with E-state index in [4.69, 9.17) is 4.74 Å². The largest absolute Gasteiger partial charge is 0.494 e. The van der Waals surface area contributed by atoms with Crippen molar-refractivity contribution in [3.63, 3.8) is 0 Å². The molecule has 2 fully saturated rings. The fourth-order valence-electron chi connectivity index (χ4n) is 5.82. The number of amides is 2. The van der Waals surface area contributed by atoms with E-state index in [1.54, 1.807) is 12.1 Å². The van der Waals surface area contributed by atoms with Crippen molar-refractivity contribution in [1.82, 2.24) is 19.8 Å². The number of rotatable bonds is 10. The summed E-state index contributed by atoms with van der Waals surface area (Å²) in [4.78, 5) is 26.8. The third-order valence-electron chi connectivity index (χ3n) is 8.22. The molecular formula is C27H31F3N4O5S. The Balaban J connectivity index is 1.24. The monoisotopic (exact) mass is 580 g/mol. The molecule has 0 bridgehead atoms. The molecule has 1 atom stereocenters. The lowest BCUT2D eigenvalue weighted by atomic mass is 9.82. The van der Waals surface area contributed by atoms with Crippen molar-refractivity contribution in [2.45, 2.75) is 87.7 Å². The third kappa shape index (κ3) is 5.44. The van der Waals surface area contributed by atoms with Crippen molar-refractivity contribution in [2.24, 2.45) is 5.92 Å². The van der Waals surface area contributed by atoms with Crippen LogP contribution in [0, 0.1) is 5.92 Å². The average Bonchev–Trinajstić information content (AvgIpc) is 3.80. The molecule has 0 unspecified atom stereocenters. The van der Waals surface area contributed by atoms with E-state index in [-0.39, 0.29) is 24.3 Å². The highest BCUT2D eigenvalue weighted by atomic mass is 32.2. The fourth-order valence-corrected chi connectivity index (χ4v) is 7.10. The maximum atomic E-state index is 13.6. The first kappa shape index (κ1) is 27.1. The van der Waals surface area contributed by atoms with Crippen LogP contribution in [0.1, 0.15) is 89.0 Å². The molecular weight excluding hydrogens is 549 g/mol. The number of carbonyl (C=O) groups is 2. The van der Waals surface area contributed by atoms with Crippen molar-refractivity contribution in [2.75, 3.05) is 6.61 Å². The highest BCUT2D eigenvalue weighted by molar-refractivity contribution is 7.91. The van der Waals surface area contributed by atoms with E-state index in [1.165, 1.54) is 4.68 Å². The lowest BCUT2D eigenvalue weighted by Gasteiger charge is -2.35. The van der Waals surface area contributed by atoms with E-state index < -0.39 is 45.2 Å². The van der Waals surface area contributed by atoms with Crippen LogP contribution < -0.4 is 14.8 Å². The summed E-state index contributed by atoms with van der Waals surface area (Å²) in [7, 11) is -3.81. The molecule has 2 aromatic rings. The van der Waals surface area contributed by atoms with Crippen LogP contribution in [0.15, 0.2) is 18.2 Å². The Kier molecular flexibility index (Phi) is 6.62. The summed E-state index contributed by atoms with van der Waals surface area (Å²) in [6.45, 7) is 0.360. The smallest absolute Gasteiger partial charge is 0.389 e. The van der Waals surface area contributed by atoms with Crippen LogP contribution in [0.25, 0.3) is 0 Å². The number of hydrogen-bond donors (Lipinski definition) is 2. The molecule has 2 N–H and O–H groups in total. The number of alkyl halides is 3. The normalized spacial score (nSPS) is 22.1. The average molecular weight is 581 g/mol. The Morgan fingerprint density at radius 3 is 2.70 bits per heavy atom. The number of nitrogens with one attached hydrogen (secondary N) is 2. The molecule has 4 aliphatic rings. The zero-order chi connectivity index (χ0) is 28.3. The number of benzene rings is 1. The molecule has 0 radical (unpaired) electrons. The molecule has 0 saturated heterocycles. The molecule has 3 aliphatic carbocycles. The SMILES string of the molecule is O=C1N[C@@]2(CCc3cc(OCCCC(F)(F)F)ccc32)Cc2nn(CCC3CC3)c(C(=O)NS(=O)(=O)C3CC3)c21. The molecule has 2 heterocycles. The Labute approximate surface area is 229 Å². The topological polar surface area (TPSA) is 119 Å². The summed E-state index contributed by atoms with van der Waals surface area (Å²) in [6, 6.07) is 5.32. The van der Waals surface area contributed by atoms with E-state index >= 15 is 0 Å². The van der Waals surface area contributed by atoms with Gasteiger partial charge in [0.1, 0.15) is 11.4 Å². The van der Waals surface area contributed by atoms with E-state index in [1.807, 2.05) is 6.07 Å². The van der Waals surface area contributed by atoms with Gasteiger partial charge in [-0.05, 0) is 67.7 Å². The Hall–Kier alpha value is -3.09. The molecule has 9 nitrogen and oxygen atoms in total. The van der Waals surface area contributed by atoms with E-state index in [9.17, 15) is 31.2 Å². The van der Waals surface area contributed by atoms with Crippen LogP contribution in [-0.2, 0) is 34.9 Å². The number of nitrogens with zero attached hydrogens (tertiary/aromatic N) is 2. The van der Waals surface area contributed by atoms with Gasteiger partial charge in [0.05, 0.1) is 28.7 Å². The van der Waals surface area contributed by atoms with Crippen LogP contribution in [-0.4, -0.2) is 48.0 Å². The molecule has 1 aromatic carbocycles. The predicted octanol–water partition coefficient (Wildman–Crippen LogP) is 3.75. The van der Waals surface area contributed by atoms with Gasteiger partial charge in [-0.1, -0.05) is 18.9 Å². The minimum absolute atomic E-state index is 0.0203.